The van der Waals surface area contributed by atoms with Crippen LogP contribution in [0.2, 0.25) is 0 Å². The Hall–Kier alpha value is -1.79. The summed E-state index contributed by atoms with van der Waals surface area (Å²) in [6.07, 6.45) is -0.0137. The van der Waals surface area contributed by atoms with Gasteiger partial charge in [-0.2, -0.15) is 0 Å². The number of rotatable bonds is 7. The lowest BCUT2D eigenvalue weighted by molar-refractivity contribution is -0.467. The van der Waals surface area contributed by atoms with Gasteiger partial charge in [0.15, 0.2) is 12.3 Å². The Morgan fingerprint density at radius 2 is 2.07 bits per heavy atom. The number of Topliss-reactive ketones (excluding diaryl/α,β-unsaturated/α-hetero) is 1. The SMILES string of the molecule is CC(=O)N[C@H](CCC(=O)C[NH+]=[N-])C(=O)O. The second kappa shape index (κ2) is 6.63. The minimum absolute atomic E-state index is 0.00935. The average molecular weight is 215 g/mol. The zero-order chi connectivity index (χ0) is 11.8. The molecule has 0 saturated carbocycles. The lowest BCUT2D eigenvalue weighted by Gasteiger charge is -2.11. The summed E-state index contributed by atoms with van der Waals surface area (Å²) < 4.78 is 0. The summed E-state index contributed by atoms with van der Waals surface area (Å²) in [6.45, 7) is 0.972. The summed E-state index contributed by atoms with van der Waals surface area (Å²) in [5.74, 6) is -1.97. The van der Waals surface area contributed by atoms with Gasteiger partial charge in [0.05, 0.1) is 0 Å². The first kappa shape index (κ1) is 13.2. The molecule has 0 unspecified atom stereocenters. The quantitative estimate of drug-likeness (QED) is 0.426. The molecule has 0 heterocycles. The van der Waals surface area contributed by atoms with Crippen molar-refractivity contribution in [3.05, 3.63) is 5.53 Å². The minimum atomic E-state index is -1.19. The summed E-state index contributed by atoms with van der Waals surface area (Å²) in [5.41, 5.74) is 8.20. The van der Waals surface area contributed by atoms with Crippen LogP contribution in [0.5, 0.6) is 0 Å². The standard InChI is InChI=1S/C8H13N3O4/c1-5(12)11-7(8(14)15)3-2-6(13)4-10-9/h7,10H,2-4H2,1H3,(H,11,12)(H,14,15)/t7-/m1/s1. The van der Waals surface area contributed by atoms with E-state index in [-0.39, 0.29) is 25.2 Å². The number of hydrogen-bond donors (Lipinski definition) is 3. The zero-order valence-electron chi connectivity index (χ0n) is 8.32. The van der Waals surface area contributed by atoms with Crippen LogP contribution in [0.15, 0.2) is 0 Å². The highest BCUT2D eigenvalue weighted by atomic mass is 16.4. The molecule has 0 radical (unpaired) electrons. The van der Waals surface area contributed by atoms with Crippen LogP contribution in [0.25, 0.3) is 5.53 Å². The van der Waals surface area contributed by atoms with E-state index < -0.39 is 17.9 Å². The number of carbonyl (C=O) groups is 3. The molecule has 0 saturated heterocycles. The Balaban J connectivity index is 4.06. The van der Waals surface area contributed by atoms with Gasteiger partial charge in [-0.05, 0) is 6.42 Å². The van der Waals surface area contributed by atoms with Crippen LogP contribution in [0.4, 0.5) is 0 Å². The molecule has 7 heteroatoms. The van der Waals surface area contributed by atoms with Gasteiger partial charge in [-0.15, -0.1) is 0 Å². The van der Waals surface area contributed by atoms with E-state index in [2.05, 4.69) is 5.32 Å². The van der Waals surface area contributed by atoms with Crippen molar-refractivity contribution >= 4 is 17.7 Å². The van der Waals surface area contributed by atoms with Crippen LogP contribution in [0.1, 0.15) is 19.8 Å². The molecular weight excluding hydrogens is 202 g/mol. The molecule has 15 heavy (non-hydrogen) atoms. The Morgan fingerprint density at radius 3 is 2.47 bits per heavy atom. The summed E-state index contributed by atoms with van der Waals surface area (Å²) in [4.78, 5) is 32.2. The predicted octanol–water partition coefficient (Wildman–Crippen LogP) is -1.97. The van der Waals surface area contributed by atoms with Gasteiger partial charge in [-0.3, -0.25) is 9.59 Å². The van der Waals surface area contributed by atoms with Gasteiger partial charge >= 0.3 is 5.97 Å². The fourth-order valence-corrected chi connectivity index (χ4v) is 0.985. The van der Waals surface area contributed by atoms with E-state index in [1.807, 2.05) is 0 Å². The van der Waals surface area contributed by atoms with E-state index >= 15 is 0 Å². The molecule has 84 valence electrons. The first-order chi connectivity index (χ1) is 6.97. The maximum absolute atomic E-state index is 10.9. The third-order valence-corrected chi connectivity index (χ3v) is 1.66. The largest absolute Gasteiger partial charge is 0.508 e. The van der Waals surface area contributed by atoms with Crippen molar-refractivity contribution in [1.29, 1.82) is 0 Å². The predicted molar refractivity (Wildman–Crippen MR) is 48.7 cm³/mol. The number of nitrogens with zero attached hydrogens (tertiary/aromatic N) is 1. The summed E-state index contributed by atoms with van der Waals surface area (Å²) in [7, 11) is 0. The second-order valence-corrected chi connectivity index (χ2v) is 3.00. The molecule has 7 nitrogen and oxygen atoms in total. The van der Waals surface area contributed by atoms with Crippen LogP contribution < -0.4 is 10.4 Å². The maximum Gasteiger partial charge on any atom is 0.326 e. The van der Waals surface area contributed by atoms with Gasteiger partial charge in [0.2, 0.25) is 5.91 Å². The summed E-state index contributed by atoms with van der Waals surface area (Å²) >= 11 is 0. The van der Waals surface area contributed by atoms with Crippen LogP contribution in [0.3, 0.4) is 0 Å². The number of hydrogen-bond acceptors (Lipinski definition) is 3. The summed E-state index contributed by atoms with van der Waals surface area (Å²) in [6, 6.07) is -1.06. The van der Waals surface area contributed by atoms with Gasteiger partial charge in [0.1, 0.15) is 6.04 Å². The van der Waals surface area contributed by atoms with Crippen molar-refractivity contribution in [2.75, 3.05) is 6.54 Å². The molecule has 3 N–H and O–H groups in total. The lowest BCUT2D eigenvalue weighted by Crippen LogP contribution is -2.65. The Morgan fingerprint density at radius 1 is 1.47 bits per heavy atom. The molecule has 0 aromatic carbocycles. The van der Waals surface area contributed by atoms with E-state index in [1.54, 1.807) is 5.11 Å². The smallest absolute Gasteiger partial charge is 0.326 e. The van der Waals surface area contributed by atoms with Crippen LogP contribution in [0, 0.1) is 0 Å². The number of nitrogens with one attached hydrogen (secondary N) is 2. The molecule has 0 aromatic heterocycles. The number of ketones is 1. The van der Waals surface area contributed by atoms with E-state index in [0.29, 0.717) is 0 Å². The normalized spacial score (nSPS) is 11.5. The molecule has 1 atom stereocenters. The average Bonchev–Trinajstić information content (AvgIpc) is 2.11. The first-order valence-corrected chi connectivity index (χ1v) is 4.36. The Kier molecular flexibility index (Phi) is 5.84. The van der Waals surface area contributed by atoms with Gasteiger partial charge in [0, 0.05) is 13.3 Å². The van der Waals surface area contributed by atoms with Gasteiger partial charge in [-0.1, -0.05) is 0 Å². The molecule has 0 bridgehead atoms. The molecule has 0 aliphatic heterocycles. The molecule has 0 fully saturated rings. The topological polar surface area (TPSA) is 120 Å². The van der Waals surface area contributed by atoms with Crippen molar-refractivity contribution in [3.8, 4) is 0 Å². The van der Waals surface area contributed by atoms with Crippen LogP contribution >= 0.6 is 0 Å². The fourth-order valence-electron chi connectivity index (χ4n) is 0.985. The third-order valence-electron chi connectivity index (χ3n) is 1.66. The van der Waals surface area contributed by atoms with Gasteiger partial charge < -0.3 is 21.1 Å². The first-order valence-electron chi connectivity index (χ1n) is 4.36. The van der Waals surface area contributed by atoms with E-state index in [0.717, 1.165) is 0 Å². The highest BCUT2D eigenvalue weighted by molar-refractivity contribution is 5.83. The highest BCUT2D eigenvalue weighted by Crippen LogP contribution is 1.98. The van der Waals surface area contributed by atoms with Crippen molar-refractivity contribution < 1.29 is 24.6 Å². The Labute approximate surface area is 86.4 Å². The zero-order valence-corrected chi connectivity index (χ0v) is 8.32. The van der Waals surface area contributed by atoms with E-state index in [1.165, 1.54) is 6.92 Å². The molecular formula is C8H13N3O4. The van der Waals surface area contributed by atoms with Crippen molar-refractivity contribution in [2.24, 2.45) is 0 Å². The van der Waals surface area contributed by atoms with E-state index in [9.17, 15) is 14.4 Å². The number of carboxylic acid groups (broad SMARTS) is 1. The molecule has 1 amide bonds. The molecule has 0 aliphatic carbocycles. The van der Waals surface area contributed by atoms with Gasteiger partial charge in [-0.25, -0.2) is 4.79 Å². The van der Waals surface area contributed by atoms with Crippen molar-refractivity contribution in [1.82, 2.24) is 5.32 Å². The monoisotopic (exact) mass is 215 g/mol. The van der Waals surface area contributed by atoms with E-state index in [4.69, 9.17) is 10.6 Å². The van der Waals surface area contributed by atoms with Crippen LogP contribution in [-0.2, 0) is 14.4 Å². The minimum Gasteiger partial charge on any atom is -0.508 e. The molecule has 0 rings (SSSR count). The molecule has 0 aromatic rings. The number of carboxylic acids is 1. The number of aliphatic carboxylic acids is 1. The lowest BCUT2D eigenvalue weighted by atomic mass is 10.1. The highest BCUT2D eigenvalue weighted by Gasteiger charge is 2.19. The van der Waals surface area contributed by atoms with Crippen molar-refractivity contribution in [3.63, 3.8) is 0 Å². The second-order valence-electron chi connectivity index (χ2n) is 3.00. The third kappa shape index (κ3) is 6.30. The summed E-state index contributed by atoms with van der Waals surface area (Å²) in [5, 5.41) is 12.6. The molecule has 0 aliphatic rings. The molecule has 0 spiro atoms. The van der Waals surface area contributed by atoms with Gasteiger partial charge in [0.25, 0.3) is 0 Å². The number of carbonyl (C=O) groups excluding carboxylic acids is 2. The van der Waals surface area contributed by atoms with Crippen LogP contribution in [-0.4, -0.2) is 35.4 Å². The fraction of sp³-hybridized carbons (Fsp3) is 0.625. The number of amides is 1. The Bertz CT molecular complexity index is 277. The van der Waals surface area contributed by atoms with Crippen molar-refractivity contribution in [2.45, 2.75) is 25.8 Å². The maximum atomic E-state index is 10.9.